The maximum absolute atomic E-state index is 10.8. The molecule has 1 unspecified atom stereocenters. The van der Waals surface area contributed by atoms with Crippen molar-refractivity contribution in [3.05, 3.63) is 11.4 Å². The summed E-state index contributed by atoms with van der Waals surface area (Å²) in [5, 5.41) is 0. The van der Waals surface area contributed by atoms with Crippen molar-refractivity contribution in [3.63, 3.8) is 0 Å². The second-order valence-electron chi connectivity index (χ2n) is 1.81. The van der Waals surface area contributed by atoms with Crippen LogP contribution in [0.5, 0.6) is 0 Å². The lowest BCUT2D eigenvalue weighted by molar-refractivity contribution is -0.143. The monoisotopic (exact) mass is 141 g/mol. The Bertz CT molecular complexity index is 148. The van der Waals surface area contributed by atoms with Gasteiger partial charge in [0.2, 0.25) is 0 Å². The minimum Gasteiger partial charge on any atom is -0.460 e. The molecule has 0 heterocycles. The molecule has 0 amide bonds. The van der Waals surface area contributed by atoms with Gasteiger partial charge >= 0.3 is 12.0 Å². The standard InChI is InChI=1S/C7H11NO2/c1-4-6(8-3)7(9)10-5-2/h6H,4-5H2,1-2H3. The van der Waals surface area contributed by atoms with Gasteiger partial charge in [-0.2, -0.15) is 0 Å². The van der Waals surface area contributed by atoms with E-state index in [2.05, 4.69) is 9.58 Å². The third-order valence-corrected chi connectivity index (χ3v) is 1.10. The molecule has 3 nitrogen and oxygen atoms in total. The fraction of sp³-hybridized carbons (Fsp3) is 0.714. The average Bonchev–Trinajstić information content (AvgIpc) is 1.91. The van der Waals surface area contributed by atoms with Gasteiger partial charge in [0, 0.05) is 6.42 Å². The summed E-state index contributed by atoms with van der Waals surface area (Å²) in [7, 11) is 0. The van der Waals surface area contributed by atoms with Gasteiger partial charge in [-0.15, -0.1) is 0 Å². The van der Waals surface area contributed by atoms with Crippen LogP contribution in [0.15, 0.2) is 0 Å². The highest BCUT2D eigenvalue weighted by atomic mass is 16.5. The molecule has 0 rings (SSSR count). The van der Waals surface area contributed by atoms with Gasteiger partial charge in [0.15, 0.2) is 0 Å². The lowest BCUT2D eigenvalue weighted by Gasteiger charge is -2.00. The third kappa shape index (κ3) is 2.49. The number of ether oxygens (including phenoxy) is 1. The molecular weight excluding hydrogens is 130 g/mol. The first-order chi connectivity index (χ1) is 4.76. The molecule has 0 fully saturated rings. The minimum atomic E-state index is -0.597. The SMILES string of the molecule is [C-]#[N+]C(CC)C(=O)OCC. The zero-order chi connectivity index (χ0) is 7.98. The Hall–Kier alpha value is -1.04. The van der Waals surface area contributed by atoms with Crippen LogP contribution in [0.2, 0.25) is 0 Å². The van der Waals surface area contributed by atoms with E-state index < -0.39 is 12.0 Å². The minimum absolute atomic E-state index is 0.352. The summed E-state index contributed by atoms with van der Waals surface area (Å²) in [5.41, 5.74) is 0. The number of nitrogens with zero attached hydrogens (tertiary/aromatic N) is 1. The normalized spacial score (nSPS) is 11.7. The summed E-state index contributed by atoms with van der Waals surface area (Å²) in [6, 6.07) is -0.597. The first-order valence-corrected chi connectivity index (χ1v) is 3.29. The van der Waals surface area contributed by atoms with Crippen LogP contribution < -0.4 is 0 Å². The van der Waals surface area contributed by atoms with Gasteiger partial charge in [-0.1, -0.05) is 6.92 Å². The molecule has 0 aromatic rings. The predicted molar refractivity (Wildman–Crippen MR) is 37.3 cm³/mol. The molecule has 0 aliphatic rings. The van der Waals surface area contributed by atoms with Crippen molar-refractivity contribution in [2.75, 3.05) is 6.61 Å². The molecule has 0 bridgehead atoms. The second kappa shape index (κ2) is 4.80. The molecule has 0 saturated carbocycles. The van der Waals surface area contributed by atoms with Crippen molar-refractivity contribution in [2.45, 2.75) is 26.3 Å². The van der Waals surface area contributed by atoms with Gasteiger partial charge in [-0.05, 0) is 6.92 Å². The molecule has 1 atom stereocenters. The lowest BCUT2D eigenvalue weighted by Crippen LogP contribution is -2.18. The Labute approximate surface area is 60.8 Å². The van der Waals surface area contributed by atoms with Crippen molar-refractivity contribution < 1.29 is 9.53 Å². The Morgan fingerprint density at radius 2 is 2.30 bits per heavy atom. The maximum atomic E-state index is 10.8. The van der Waals surface area contributed by atoms with E-state index in [0.717, 1.165) is 0 Å². The fourth-order valence-electron chi connectivity index (χ4n) is 0.549. The van der Waals surface area contributed by atoms with Crippen LogP contribution in [0, 0.1) is 6.57 Å². The Kier molecular flexibility index (Phi) is 4.30. The van der Waals surface area contributed by atoms with E-state index in [9.17, 15) is 4.79 Å². The van der Waals surface area contributed by atoms with Gasteiger partial charge in [-0.25, -0.2) is 11.4 Å². The molecule has 0 aromatic carbocycles. The van der Waals surface area contributed by atoms with Crippen molar-refractivity contribution in [2.24, 2.45) is 0 Å². The van der Waals surface area contributed by atoms with E-state index >= 15 is 0 Å². The highest BCUT2D eigenvalue weighted by Gasteiger charge is 2.21. The van der Waals surface area contributed by atoms with Crippen LogP contribution in [0.3, 0.4) is 0 Å². The van der Waals surface area contributed by atoms with Crippen molar-refractivity contribution in [3.8, 4) is 0 Å². The summed E-state index contributed by atoms with van der Waals surface area (Å²) < 4.78 is 4.63. The van der Waals surface area contributed by atoms with Gasteiger partial charge in [0.05, 0.1) is 6.61 Å². The van der Waals surface area contributed by atoms with Crippen LogP contribution in [0.25, 0.3) is 4.85 Å². The molecule has 3 heteroatoms. The maximum Gasteiger partial charge on any atom is 0.390 e. The highest BCUT2D eigenvalue weighted by molar-refractivity contribution is 5.77. The number of esters is 1. The summed E-state index contributed by atoms with van der Waals surface area (Å²) in [4.78, 5) is 13.9. The molecule has 10 heavy (non-hydrogen) atoms. The molecule has 0 N–H and O–H groups in total. The zero-order valence-electron chi connectivity index (χ0n) is 6.26. The molecule has 0 saturated heterocycles. The summed E-state index contributed by atoms with van der Waals surface area (Å²) in [5.74, 6) is -0.403. The van der Waals surface area contributed by atoms with Crippen LogP contribution in [-0.2, 0) is 9.53 Å². The van der Waals surface area contributed by atoms with E-state index in [1.807, 2.05) is 0 Å². The van der Waals surface area contributed by atoms with Crippen molar-refractivity contribution >= 4 is 5.97 Å². The van der Waals surface area contributed by atoms with Gasteiger partial charge in [-0.3, -0.25) is 0 Å². The summed E-state index contributed by atoms with van der Waals surface area (Å²) in [6.45, 7) is 10.5. The molecule has 0 spiro atoms. The molecule has 56 valence electrons. The second-order valence-corrected chi connectivity index (χ2v) is 1.81. The van der Waals surface area contributed by atoms with Crippen LogP contribution >= 0.6 is 0 Å². The van der Waals surface area contributed by atoms with Gasteiger partial charge in [0.1, 0.15) is 0 Å². The topological polar surface area (TPSA) is 30.7 Å². The van der Waals surface area contributed by atoms with E-state index in [1.54, 1.807) is 13.8 Å². The van der Waals surface area contributed by atoms with Crippen LogP contribution in [0.1, 0.15) is 20.3 Å². The van der Waals surface area contributed by atoms with E-state index in [0.29, 0.717) is 13.0 Å². The molecular formula is C7H11NO2. The Morgan fingerprint density at radius 1 is 1.70 bits per heavy atom. The van der Waals surface area contributed by atoms with Crippen molar-refractivity contribution in [1.29, 1.82) is 0 Å². The number of hydrogen-bond donors (Lipinski definition) is 0. The van der Waals surface area contributed by atoms with E-state index in [4.69, 9.17) is 6.57 Å². The first-order valence-electron chi connectivity index (χ1n) is 3.29. The van der Waals surface area contributed by atoms with E-state index in [-0.39, 0.29) is 0 Å². The highest BCUT2D eigenvalue weighted by Crippen LogP contribution is 1.99. The smallest absolute Gasteiger partial charge is 0.390 e. The Morgan fingerprint density at radius 3 is 2.60 bits per heavy atom. The number of rotatable bonds is 3. The van der Waals surface area contributed by atoms with Gasteiger partial charge in [0.25, 0.3) is 0 Å². The summed E-state index contributed by atoms with van der Waals surface area (Å²) in [6.07, 6.45) is 0.530. The third-order valence-electron chi connectivity index (χ3n) is 1.10. The first kappa shape index (κ1) is 8.96. The van der Waals surface area contributed by atoms with E-state index in [1.165, 1.54) is 0 Å². The molecule has 0 aliphatic heterocycles. The molecule has 0 aromatic heterocycles. The largest absolute Gasteiger partial charge is 0.460 e. The predicted octanol–water partition coefficient (Wildman–Crippen LogP) is 1.25. The number of carbonyl (C=O) groups excluding carboxylic acids is 1. The van der Waals surface area contributed by atoms with Crippen molar-refractivity contribution in [1.82, 2.24) is 0 Å². The van der Waals surface area contributed by atoms with Crippen LogP contribution in [-0.4, -0.2) is 18.6 Å². The molecule has 0 aliphatic carbocycles. The zero-order valence-corrected chi connectivity index (χ0v) is 6.26. The average molecular weight is 141 g/mol. The lowest BCUT2D eigenvalue weighted by atomic mass is 10.2. The fourth-order valence-corrected chi connectivity index (χ4v) is 0.549. The number of hydrogen-bond acceptors (Lipinski definition) is 2. The van der Waals surface area contributed by atoms with Gasteiger partial charge < -0.3 is 9.58 Å². The molecule has 0 radical (unpaired) electrons. The van der Waals surface area contributed by atoms with Crippen LogP contribution in [0.4, 0.5) is 0 Å². The quantitative estimate of drug-likeness (QED) is 0.437. The summed E-state index contributed by atoms with van der Waals surface area (Å²) >= 11 is 0. The Balaban J connectivity index is 3.80. The number of carbonyl (C=O) groups is 1.